The Morgan fingerprint density at radius 2 is 2.31 bits per heavy atom. The van der Waals surface area contributed by atoms with Crippen LogP contribution in [0.3, 0.4) is 0 Å². The molecule has 2 rings (SSSR count). The Hall–Kier alpha value is -1.03. The Labute approximate surface area is 81.5 Å². The fourth-order valence-electron chi connectivity index (χ4n) is 1.23. The van der Waals surface area contributed by atoms with Crippen LogP contribution in [0, 0.1) is 0 Å². The topological polar surface area (TPSA) is 63.8 Å². The maximum absolute atomic E-state index is 5.88. The number of nitrogens with zero attached hydrogens (tertiary/aromatic N) is 2. The fourth-order valence-corrected chi connectivity index (χ4v) is 1.37. The SMILES string of the molecule is Nc1ncc(Cl)c(NC2CCC2)n1. The normalized spacial score (nSPS) is 16.7. The number of halogens is 1. The van der Waals surface area contributed by atoms with Crippen LogP contribution in [-0.4, -0.2) is 16.0 Å². The lowest BCUT2D eigenvalue weighted by molar-refractivity contribution is 0.444. The van der Waals surface area contributed by atoms with Gasteiger partial charge in [-0.2, -0.15) is 4.98 Å². The number of nitrogens with one attached hydrogen (secondary N) is 1. The summed E-state index contributed by atoms with van der Waals surface area (Å²) >= 11 is 5.88. The fraction of sp³-hybridized carbons (Fsp3) is 0.500. The molecule has 0 aromatic carbocycles. The second-order valence-electron chi connectivity index (χ2n) is 3.20. The van der Waals surface area contributed by atoms with E-state index < -0.39 is 0 Å². The van der Waals surface area contributed by atoms with Crippen LogP contribution < -0.4 is 11.1 Å². The van der Waals surface area contributed by atoms with E-state index in [1.54, 1.807) is 0 Å². The molecule has 0 saturated heterocycles. The molecule has 0 atom stereocenters. The van der Waals surface area contributed by atoms with E-state index in [0.717, 1.165) is 0 Å². The smallest absolute Gasteiger partial charge is 0.222 e. The Kier molecular flexibility index (Phi) is 2.22. The molecular formula is C8H11ClN4. The van der Waals surface area contributed by atoms with E-state index in [1.165, 1.54) is 25.5 Å². The Morgan fingerprint density at radius 3 is 2.92 bits per heavy atom. The molecule has 4 nitrogen and oxygen atoms in total. The van der Waals surface area contributed by atoms with Crippen molar-refractivity contribution in [2.75, 3.05) is 11.1 Å². The van der Waals surface area contributed by atoms with Gasteiger partial charge in [-0.15, -0.1) is 0 Å². The van der Waals surface area contributed by atoms with Gasteiger partial charge in [0.05, 0.1) is 6.20 Å². The van der Waals surface area contributed by atoms with E-state index in [-0.39, 0.29) is 5.95 Å². The molecule has 1 saturated carbocycles. The highest BCUT2D eigenvalue weighted by molar-refractivity contribution is 6.32. The lowest BCUT2D eigenvalue weighted by Gasteiger charge is -2.27. The minimum Gasteiger partial charge on any atom is -0.368 e. The van der Waals surface area contributed by atoms with Crippen LogP contribution in [0.15, 0.2) is 6.20 Å². The summed E-state index contributed by atoms with van der Waals surface area (Å²) in [6.45, 7) is 0. The van der Waals surface area contributed by atoms with E-state index in [9.17, 15) is 0 Å². The van der Waals surface area contributed by atoms with E-state index in [1.807, 2.05) is 0 Å². The average molecular weight is 199 g/mol. The van der Waals surface area contributed by atoms with Crippen molar-refractivity contribution < 1.29 is 0 Å². The summed E-state index contributed by atoms with van der Waals surface area (Å²) in [5.74, 6) is 0.907. The summed E-state index contributed by atoms with van der Waals surface area (Å²) in [6.07, 6.45) is 5.15. The lowest BCUT2D eigenvalue weighted by atomic mass is 9.93. The van der Waals surface area contributed by atoms with Gasteiger partial charge in [0.2, 0.25) is 5.95 Å². The summed E-state index contributed by atoms with van der Waals surface area (Å²) in [5, 5.41) is 3.75. The Balaban J connectivity index is 2.13. The molecule has 1 aliphatic rings. The van der Waals surface area contributed by atoms with Crippen molar-refractivity contribution in [2.24, 2.45) is 0 Å². The maximum Gasteiger partial charge on any atom is 0.222 e. The molecule has 1 aliphatic carbocycles. The average Bonchev–Trinajstić information content (AvgIpc) is 2.03. The summed E-state index contributed by atoms with van der Waals surface area (Å²) in [4.78, 5) is 7.80. The largest absolute Gasteiger partial charge is 0.368 e. The number of hydrogen-bond donors (Lipinski definition) is 2. The zero-order valence-corrected chi connectivity index (χ0v) is 7.88. The predicted octanol–water partition coefficient (Wildman–Crippen LogP) is 1.68. The molecule has 1 aromatic heterocycles. The van der Waals surface area contributed by atoms with Gasteiger partial charge in [-0.25, -0.2) is 4.98 Å². The number of rotatable bonds is 2. The van der Waals surface area contributed by atoms with Gasteiger partial charge in [-0.1, -0.05) is 11.6 Å². The van der Waals surface area contributed by atoms with Gasteiger partial charge >= 0.3 is 0 Å². The van der Waals surface area contributed by atoms with Crippen LogP contribution in [0.5, 0.6) is 0 Å². The van der Waals surface area contributed by atoms with Crippen LogP contribution in [0.1, 0.15) is 19.3 Å². The molecule has 0 bridgehead atoms. The first-order valence-corrected chi connectivity index (χ1v) is 4.68. The molecule has 1 fully saturated rings. The standard InChI is InChI=1S/C8H11ClN4/c9-6-4-11-8(10)13-7(6)12-5-2-1-3-5/h4-5H,1-3H2,(H3,10,11,12,13). The first-order chi connectivity index (χ1) is 6.25. The first kappa shape index (κ1) is 8.56. The third-order valence-corrected chi connectivity index (χ3v) is 2.49. The molecule has 1 aromatic rings. The minimum atomic E-state index is 0.256. The quantitative estimate of drug-likeness (QED) is 0.759. The van der Waals surface area contributed by atoms with Crippen LogP contribution in [0.25, 0.3) is 0 Å². The number of hydrogen-bond acceptors (Lipinski definition) is 4. The highest BCUT2D eigenvalue weighted by Gasteiger charge is 2.18. The van der Waals surface area contributed by atoms with Crippen molar-refractivity contribution in [3.05, 3.63) is 11.2 Å². The summed E-state index contributed by atoms with van der Waals surface area (Å²) < 4.78 is 0. The highest BCUT2D eigenvalue weighted by Crippen LogP contribution is 2.26. The third-order valence-electron chi connectivity index (χ3n) is 2.21. The lowest BCUT2D eigenvalue weighted by Crippen LogP contribution is -2.27. The van der Waals surface area contributed by atoms with Crippen LogP contribution in [0.2, 0.25) is 5.02 Å². The van der Waals surface area contributed by atoms with E-state index in [4.69, 9.17) is 17.3 Å². The Morgan fingerprint density at radius 1 is 1.54 bits per heavy atom. The van der Waals surface area contributed by atoms with Crippen molar-refractivity contribution in [3.8, 4) is 0 Å². The number of nitrogens with two attached hydrogens (primary N) is 1. The van der Waals surface area contributed by atoms with Crippen LogP contribution in [-0.2, 0) is 0 Å². The first-order valence-electron chi connectivity index (χ1n) is 4.30. The van der Waals surface area contributed by atoms with Crippen molar-refractivity contribution in [1.82, 2.24) is 9.97 Å². The van der Waals surface area contributed by atoms with Gasteiger partial charge in [0.15, 0.2) is 5.82 Å². The highest BCUT2D eigenvalue weighted by atomic mass is 35.5. The zero-order valence-electron chi connectivity index (χ0n) is 7.13. The van der Waals surface area contributed by atoms with Gasteiger partial charge in [0.25, 0.3) is 0 Å². The molecule has 0 radical (unpaired) electrons. The van der Waals surface area contributed by atoms with Crippen molar-refractivity contribution in [3.63, 3.8) is 0 Å². The molecule has 3 N–H and O–H groups in total. The maximum atomic E-state index is 5.88. The van der Waals surface area contributed by atoms with Crippen LogP contribution >= 0.6 is 11.6 Å². The van der Waals surface area contributed by atoms with E-state index in [0.29, 0.717) is 16.9 Å². The van der Waals surface area contributed by atoms with Gasteiger partial charge < -0.3 is 11.1 Å². The van der Waals surface area contributed by atoms with Crippen LogP contribution in [0.4, 0.5) is 11.8 Å². The second kappa shape index (κ2) is 3.38. The molecular weight excluding hydrogens is 188 g/mol. The third kappa shape index (κ3) is 1.83. The number of anilines is 2. The summed E-state index contributed by atoms with van der Waals surface area (Å²) in [5.41, 5.74) is 5.44. The zero-order chi connectivity index (χ0) is 9.26. The molecule has 0 aliphatic heterocycles. The minimum absolute atomic E-state index is 0.256. The molecule has 1 heterocycles. The summed E-state index contributed by atoms with van der Waals surface area (Å²) in [7, 11) is 0. The van der Waals surface area contributed by atoms with Gasteiger partial charge in [-0.05, 0) is 19.3 Å². The van der Waals surface area contributed by atoms with Gasteiger partial charge in [0, 0.05) is 6.04 Å². The predicted molar refractivity (Wildman–Crippen MR) is 52.7 cm³/mol. The van der Waals surface area contributed by atoms with Crippen molar-refractivity contribution in [2.45, 2.75) is 25.3 Å². The molecule has 70 valence electrons. The van der Waals surface area contributed by atoms with Crippen molar-refractivity contribution >= 4 is 23.4 Å². The molecule has 0 unspecified atom stereocenters. The summed E-state index contributed by atoms with van der Waals surface area (Å²) in [6, 6.07) is 0.506. The van der Waals surface area contributed by atoms with Gasteiger partial charge in [0.1, 0.15) is 5.02 Å². The van der Waals surface area contributed by atoms with E-state index in [2.05, 4.69) is 15.3 Å². The molecule has 13 heavy (non-hydrogen) atoms. The number of aromatic nitrogens is 2. The monoisotopic (exact) mass is 198 g/mol. The van der Waals surface area contributed by atoms with Crippen molar-refractivity contribution in [1.29, 1.82) is 0 Å². The molecule has 0 spiro atoms. The second-order valence-corrected chi connectivity index (χ2v) is 3.60. The van der Waals surface area contributed by atoms with Gasteiger partial charge in [-0.3, -0.25) is 0 Å². The van der Waals surface area contributed by atoms with E-state index >= 15 is 0 Å². The number of nitrogen functional groups attached to an aromatic ring is 1. The molecule has 0 amide bonds. The molecule has 5 heteroatoms. The Bertz CT molecular complexity index is 311.